The van der Waals surface area contributed by atoms with Gasteiger partial charge in [0.05, 0.1) is 23.7 Å². The van der Waals surface area contributed by atoms with Crippen LogP contribution >= 0.6 is 0 Å². The van der Waals surface area contributed by atoms with Gasteiger partial charge in [-0.25, -0.2) is 0 Å². The third-order valence-corrected chi connectivity index (χ3v) is 3.83. The highest BCUT2D eigenvalue weighted by atomic mass is 16.5. The molecule has 2 heterocycles. The van der Waals surface area contributed by atoms with Crippen molar-refractivity contribution in [2.24, 2.45) is 11.3 Å². The van der Waals surface area contributed by atoms with Gasteiger partial charge in [-0.3, -0.25) is 0 Å². The van der Waals surface area contributed by atoms with Crippen LogP contribution in [0.15, 0.2) is 0 Å². The van der Waals surface area contributed by atoms with Crippen LogP contribution in [0.3, 0.4) is 0 Å². The molecule has 64 valence electrons. The van der Waals surface area contributed by atoms with Crippen molar-refractivity contribution in [2.45, 2.75) is 44.3 Å². The average molecular weight is 163 g/mol. The van der Waals surface area contributed by atoms with Crippen molar-refractivity contribution in [2.75, 3.05) is 0 Å². The highest BCUT2D eigenvalue weighted by Gasteiger charge is 2.58. The lowest BCUT2D eigenvalue weighted by Gasteiger charge is -2.22. The van der Waals surface area contributed by atoms with Crippen LogP contribution in [0.25, 0.3) is 0 Å². The fourth-order valence-electron chi connectivity index (χ4n) is 2.92. The molecule has 0 aromatic rings. The second kappa shape index (κ2) is 2.03. The maximum Gasteiger partial charge on any atom is 0.0693 e. The summed E-state index contributed by atoms with van der Waals surface area (Å²) in [6, 6.07) is 2.50. The Labute approximate surface area is 72.5 Å². The number of hydrogen-bond acceptors (Lipinski definition) is 2. The maximum atomic E-state index is 9.04. The van der Waals surface area contributed by atoms with E-state index in [1.54, 1.807) is 0 Å². The summed E-state index contributed by atoms with van der Waals surface area (Å²) in [6.45, 7) is 0. The molecule has 0 N–H and O–H groups in total. The van der Waals surface area contributed by atoms with Crippen LogP contribution in [-0.2, 0) is 4.74 Å². The van der Waals surface area contributed by atoms with Crippen molar-refractivity contribution >= 4 is 0 Å². The molecule has 0 radical (unpaired) electrons. The third-order valence-electron chi connectivity index (χ3n) is 3.83. The fraction of sp³-hybridized carbons (Fsp3) is 0.900. The number of nitriles is 1. The van der Waals surface area contributed by atoms with Gasteiger partial charge in [-0.15, -0.1) is 0 Å². The van der Waals surface area contributed by atoms with Gasteiger partial charge in [0.25, 0.3) is 0 Å². The number of hydrogen-bond donors (Lipinski definition) is 0. The van der Waals surface area contributed by atoms with Crippen LogP contribution in [0.2, 0.25) is 0 Å². The molecule has 3 aliphatic rings. The average Bonchev–Trinajstić information content (AvgIpc) is 2.62. The Morgan fingerprint density at radius 2 is 2.17 bits per heavy atom. The molecule has 3 fully saturated rings. The first kappa shape index (κ1) is 6.91. The van der Waals surface area contributed by atoms with Gasteiger partial charge in [-0.05, 0) is 32.1 Å². The molecule has 3 unspecified atom stereocenters. The van der Waals surface area contributed by atoms with Crippen molar-refractivity contribution in [1.82, 2.24) is 0 Å². The van der Waals surface area contributed by atoms with Gasteiger partial charge in [0.2, 0.25) is 0 Å². The minimum atomic E-state index is 0.0554. The van der Waals surface area contributed by atoms with Crippen LogP contribution in [0.1, 0.15) is 32.1 Å². The molecule has 2 bridgehead atoms. The van der Waals surface area contributed by atoms with Gasteiger partial charge in [-0.2, -0.15) is 5.26 Å². The zero-order chi connectivity index (χ0) is 8.18. The summed E-state index contributed by atoms with van der Waals surface area (Å²) >= 11 is 0. The van der Waals surface area contributed by atoms with Crippen molar-refractivity contribution in [3.8, 4) is 6.07 Å². The van der Waals surface area contributed by atoms with E-state index < -0.39 is 0 Å². The summed E-state index contributed by atoms with van der Waals surface area (Å²) in [5.74, 6) is 0.584. The molecule has 2 heteroatoms. The van der Waals surface area contributed by atoms with E-state index in [0.717, 1.165) is 19.3 Å². The monoisotopic (exact) mass is 163 g/mol. The van der Waals surface area contributed by atoms with E-state index in [1.807, 2.05) is 0 Å². The molecular formula is C10H13NO. The van der Waals surface area contributed by atoms with E-state index in [2.05, 4.69) is 6.07 Å². The second-order valence-corrected chi connectivity index (χ2v) is 4.48. The van der Waals surface area contributed by atoms with Gasteiger partial charge in [0.1, 0.15) is 0 Å². The summed E-state index contributed by atoms with van der Waals surface area (Å²) in [5.41, 5.74) is 0.0554. The summed E-state index contributed by atoms with van der Waals surface area (Å²) in [4.78, 5) is 0. The predicted molar refractivity (Wildman–Crippen MR) is 43.3 cm³/mol. The first-order valence-corrected chi connectivity index (χ1v) is 4.91. The Balaban J connectivity index is 1.83. The van der Waals surface area contributed by atoms with E-state index in [0.29, 0.717) is 18.1 Å². The number of nitrogens with zero attached hydrogens (tertiary/aromatic N) is 1. The number of ether oxygens (including phenoxy) is 1. The number of fused-ring (bicyclic) bond motifs is 2. The van der Waals surface area contributed by atoms with Gasteiger partial charge in [0, 0.05) is 5.92 Å². The fourth-order valence-corrected chi connectivity index (χ4v) is 2.92. The minimum Gasteiger partial charge on any atom is -0.375 e. The van der Waals surface area contributed by atoms with Gasteiger partial charge in [0.15, 0.2) is 0 Å². The molecule has 2 saturated heterocycles. The molecule has 0 spiro atoms. The minimum absolute atomic E-state index is 0.0554. The topological polar surface area (TPSA) is 33.0 Å². The Kier molecular flexibility index (Phi) is 1.17. The molecule has 0 amide bonds. The van der Waals surface area contributed by atoms with Crippen molar-refractivity contribution < 1.29 is 4.74 Å². The van der Waals surface area contributed by atoms with E-state index >= 15 is 0 Å². The SMILES string of the molecule is N#CC1(C2CC3CCC2O3)CC1. The lowest BCUT2D eigenvalue weighted by atomic mass is 9.78. The van der Waals surface area contributed by atoms with Crippen molar-refractivity contribution in [1.29, 1.82) is 5.26 Å². The van der Waals surface area contributed by atoms with E-state index in [1.165, 1.54) is 12.8 Å². The second-order valence-electron chi connectivity index (χ2n) is 4.48. The molecule has 2 nitrogen and oxygen atoms in total. The third kappa shape index (κ3) is 0.728. The summed E-state index contributed by atoms with van der Waals surface area (Å²) in [6.07, 6.45) is 6.81. The van der Waals surface area contributed by atoms with E-state index in [4.69, 9.17) is 10.00 Å². The van der Waals surface area contributed by atoms with Gasteiger partial charge in [-0.1, -0.05) is 0 Å². The summed E-state index contributed by atoms with van der Waals surface area (Å²) in [5, 5.41) is 9.04. The zero-order valence-electron chi connectivity index (χ0n) is 7.12. The normalized spacial score (nSPS) is 47.4. The molecule has 3 atom stereocenters. The largest absolute Gasteiger partial charge is 0.375 e. The lowest BCUT2D eigenvalue weighted by Crippen LogP contribution is -2.25. The Morgan fingerprint density at radius 1 is 1.33 bits per heavy atom. The molecule has 3 rings (SSSR count). The van der Waals surface area contributed by atoms with Gasteiger partial charge >= 0.3 is 0 Å². The molecule has 2 aliphatic heterocycles. The molecule has 12 heavy (non-hydrogen) atoms. The summed E-state index contributed by atoms with van der Waals surface area (Å²) < 4.78 is 5.76. The standard InChI is InChI=1S/C10H13NO/c11-6-10(3-4-10)8-5-7-1-2-9(8)12-7/h7-9H,1-5H2. The van der Waals surface area contributed by atoms with Crippen LogP contribution in [-0.4, -0.2) is 12.2 Å². The quantitative estimate of drug-likeness (QED) is 0.591. The Bertz CT molecular complexity index is 251. The lowest BCUT2D eigenvalue weighted by molar-refractivity contribution is 0.0843. The molecule has 0 aromatic carbocycles. The van der Waals surface area contributed by atoms with E-state index in [-0.39, 0.29) is 5.41 Å². The highest BCUT2D eigenvalue weighted by Crippen LogP contribution is 2.59. The molecular weight excluding hydrogens is 150 g/mol. The Morgan fingerprint density at radius 3 is 2.58 bits per heavy atom. The molecule has 1 aliphatic carbocycles. The van der Waals surface area contributed by atoms with Crippen LogP contribution in [0.5, 0.6) is 0 Å². The first-order valence-electron chi connectivity index (χ1n) is 4.91. The highest BCUT2D eigenvalue weighted by molar-refractivity contribution is 5.17. The van der Waals surface area contributed by atoms with Crippen LogP contribution in [0.4, 0.5) is 0 Å². The van der Waals surface area contributed by atoms with Crippen LogP contribution < -0.4 is 0 Å². The molecule has 1 saturated carbocycles. The first-order chi connectivity index (χ1) is 5.84. The Hall–Kier alpha value is -0.550. The zero-order valence-corrected chi connectivity index (χ0v) is 7.12. The van der Waals surface area contributed by atoms with Crippen molar-refractivity contribution in [3.63, 3.8) is 0 Å². The molecule has 0 aromatic heterocycles. The van der Waals surface area contributed by atoms with Crippen molar-refractivity contribution in [3.05, 3.63) is 0 Å². The predicted octanol–water partition coefficient (Wildman–Crippen LogP) is 1.86. The van der Waals surface area contributed by atoms with Crippen LogP contribution in [0, 0.1) is 22.7 Å². The number of rotatable bonds is 1. The maximum absolute atomic E-state index is 9.04. The smallest absolute Gasteiger partial charge is 0.0693 e. The van der Waals surface area contributed by atoms with Gasteiger partial charge < -0.3 is 4.74 Å². The summed E-state index contributed by atoms with van der Waals surface area (Å²) in [7, 11) is 0. The van der Waals surface area contributed by atoms with E-state index in [9.17, 15) is 0 Å².